The minimum Gasteiger partial charge on any atom is -0.465 e. The number of ether oxygens (including phenoxy) is 1. The fraction of sp³-hybridized carbons (Fsp3) is 0.167. The fourth-order valence-corrected chi connectivity index (χ4v) is 3.03. The van der Waals surface area contributed by atoms with Gasteiger partial charge in [-0.2, -0.15) is 0 Å². The Morgan fingerprint density at radius 2 is 1.57 bits per heavy atom. The van der Waals surface area contributed by atoms with Gasteiger partial charge in [-0.15, -0.1) is 0 Å². The first-order chi connectivity index (χ1) is 11.3. The molecule has 2 aromatic rings. The number of rotatable bonds is 4. The summed E-state index contributed by atoms with van der Waals surface area (Å²) in [4.78, 5) is 21.2. The van der Waals surface area contributed by atoms with Crippen LogP contribution in [0.4, 0.5) is 11.4 Å². The predicted octanol–water partition coefficient (Wildman–Crippen LogP) is 4.17. The summed E-state index contributed by atoms with van der Waals surface area (Å²) >= 11 is 1.39. The lowest BCUT2D eigenvalue weighted by molar-refractivity contribution is -0.141. The second-order valence-electron chi connectivity index (χ2n) is 4.84. The number of benzene rings is 2. The van der Waals surface area contributed by atoms with E-state index in [0.717, 1.165) is 16.4 Å². The van der Waals surface area contributed by atoms with Crippen molar-refractivity contribution in [2.24, 2.45) is 9.98 Å². The molecule has 0 aliphatic carbocycles. The normalized spacial score (nSPS) is 20.3. The Bertz CT molecular complexity index is 742. The Morgan fingerprint density at radius 1 is 1.00 bits per heavy atom. The van der Waals surface area contributed by atoms with Crippen molar-refractivity contribution in [3.05, 3.63) is 60.7 Å². The Morgan fingerprint density at radius 3 is 2.13 bits per heavy atom. The average molecular weight is 324 g/mol. The molecule has 2 aromatic carbocycles. The highest BCUT2D eigenvalue weighted by atomic mass is 32.2. The lowest BCUT2D eigenvalue weighted by Crippen LogP contribution is -2.43. The number of carbonyl (C=O) groups is 1. The number of carbonyl (C=O) groups excluding carboxylic acids is 1. The number of esters is 1. The summed E-state index contributed by atoms with van der Waals surface area (Å²) in [5.41, 5.74) is 2.32. The van der Waals surface area contributed by atoms with Crippen LogP contribution < -0.4 is 0 Å². The van der Waals surface area contributed by atoms with Crippen molar-refractivity contribution in [3.63, 3.8) is 0 Å². The van der Waals surface area contributed by atoms with Crippen LogP contribution in [0.1, 0.15) is 6.92 Å². The first-order valence-electron chi connectivity index (χ1n) is 7.39. The van der Waals surface area contributed by atoms with Crippen LogP contribution in [0.3, 0.4) is 0 Å². The Hall–Kier alpha value is -2.40. The highest BCUT2D eigenvalue weighted by molar-refractivity contribution is 8.21. The van der Waals surface area contributed by atoms with E-state index in [1.165, 1.54) is 11.8 Å². The molecule has 0 N–H and O–H groups in total. The third kappa shape index (κ3) is 3.68. The third-order valence-electron chi connectivity index (χ3n) is 3.19. The average Bonchev–Trinajstić information content (AvgIpc) is 2.58. The van der Waals surface area contributed by atoms with E-state index < -0.39 is 5.25 Å². The molecule has 116 valence electrons. The fourth-order valence-electron chi connectivity index (χ4n) is 2.11. The topological polar surface area (TPSA) is 51.0 Å². The molecule has 1 atom stereocenters. The van der Waals surface area contributed by atoms with Gasteiger partial charge in [0.1, 0.15) is 5.04 Å². The molecule has 3 rings (SSSR count). The van der Waals surface area contributed by atoms with E-state index in [2.05, 4.69) is 9.98 Å². The highest BCUT2D eigenvalue weighted by Crippen LogP contribution is 2.34. The summed E-state index contributed by atoms with van der Waals surface area (Å²) in [6.07, 6.45) is 0. The van der Waals surface area contributed by atoms with Crippen LogP contribution >= 0.6 is 11.8 Å². The molecule has 0 saturated carbocycles. The third-order valence-corrected chi connectivity index (χ3v) is 4.37. The zero-order chi connectivity index (χ0) is 16.1. The number of hydrogen-bond acceptors (Lipinski definition) is 5. The Kier molecular flexibility index (Phi) is 4.88. The van der Waals surface area contributed by atoms with Crippen LogP contribution in [0.25, 0.3) is 0 Å². The monoisotopic (exact) mass is 324 g/mol. The Balaban J connectivity index is 1.91. The standard InChI is InChI=1S/C18H16N2O2S/c1-2-22-18(21)16-15(19-13-9-5-3-6-10-13)17(23-16)20-14-11-7-4-8-12-14/h3-12,16H,2H2,1H3. The maximum absolute atomic E-state index is 12.0. The number of para-hydroxylation sites is 2. The lowest BCUT2D eigenvalue weighted by atomic mass is 10.2. The van der Waals surface area contributed by atoms with Crippen LogP contribution in [-0.4, -0.2) is 28.6 Å². The maximum Gasteiger partial charge on any atom is 0.325 e. The van der Waals surface area contributed by atoms with Crippen LogP contribution in [0.15, 0.2) is 70.6 Å². The number of hydrogen-bond donors (Lipinski definition) is 0. The van der Waals surface area contributed by atoms with E-state index in [1.54, 1.807) is 6.92 Å². The van der Waals surface area contributed by atoms with Crippen molar-refractivity contribution < 1.29 is 9.53 Å². The van der Waals surface area contributed by atoms with E-state index in [4.69, 9.17) is 4.74 Å². The molecule has 1 aliphatic rings. The quantitative estimate of drug-likeness (QED) is 0.793. The molecule has 4 nitrogen and oxygen atoms in total. The molecule has 0 bridgehead atoms. The van der Waals surface area contributed by atoms with Crippen molar-refractivity contribution in [1.29, 1.82) is 0 Å². The van der Waals surface area contributed by atoms with Crippen molar-refractivity contribution in [2.45, 2.75) is 12.2 Å². The van der Waals surface area contributed by atoms with Crippen molar-refractivity contribution >= 4 is 39.9 Å². The highest BCUT2D eigenvalue weighted by Gasteiger charge is 2.41. The predicted molar refractivity (Wildman–Crippen MR) is 95.1 cm³/mol. The summed E-state index contributed by atoms with van der Waals surface area (Å²) in [6, 6.07) is 19.2. The summed E-state index contributed by atoms with van der Waals surface area (Å²) in [5.74, 6) is -0.265. The molecule has 1 saturated heterocycles. The second kappa shape index (κ2) is 7.24. The first kappa shape index (κ1) is 15.5. The largest absolute Gasteiger partial charge is 0.465 e. The van der Waals surface area contributed by atoms with Gasteiger partial charge in [0.2, 0.25) is 0 Å². The van der Waals surface area contributed by atoms with Crippen molar-refractivity contribution in [1.82, 2.24) is 0 Å². The molecule has 0 aromatic heterocycles. The van der Waals surface area contributed by atoms with E-state index >= 15 is 0 Å². The van der Waals surface area contributed by atoms with Crippen LogP contribution in [0, 0.1) is 0 Å². The van der Waals surface area contributed by atoms with E-state index in [1.807, 2.05) is 60.7 Å². The van der Waals surface area contributed by atoms with Crippen LogP contribution in [0.2, 0.25) is 0 Å². The summed E-state index contributed by atoms with van der Waals surface area (Å²) < 4.78 is 5.12. The van der Waals surface area contributed by atoms with Crippen LogP contribution in [-0.2, 0) is 9.53 Å². The molecule has 1 unspecified atom stereocenters. The molecule has 23 heavy (non-hydrogen) atoms. The number of nitrogens with zero attached hydrogens (tertiary/aromatic N) is 2. The SMILES string of the molecule is CCOC(=O)C1SC(=Nc2ccccc2)C1=Nc1ccccc1. The zero-order valence-electron chi connectivity index (χ0n) is 12.7. The number of aliphatic imine (C=N–C) groups is 2. The van der Waals surface area contributed by atoms with Gasteiger partial charge in [-0.3, -0.25) is 4.79 Å². The first-order valence-corrected chi connectivity index (χ1v) is 8.27. The molecule has 0 radical (unpaired) electrons. The molecule has 0 amide bonds. The van der Waals surface area contributed by atoms with Gasteiger partial charge in [0.05, 0.1) is 23.7 Å². The molecule has 5 heteroatoms. The summed E-state index contributed by atoms with van der Waals surface area (Å²) in [6.45, 7) is 2.16. The van der Waals surface area contributed by atoms with Gasteiger partial charge in [0.15, 0.2) is 5.25 Å². The molecular weight excluding hydrogens is 308 g/mol. The van der Waals surface area contributed by atoms with Crippen molar-refractivity contribution in [2.75, 3.05) is 6.61 Å². The van der Waals surface area contributed by atoms with Gasteiger partial charge in [0.25, 0.3) is 0 Å². The van der Waals surface area contributed by atoms with Crippen LogP contribution in [0.5, 0.6) is 0 Å². The van der Waals surface area contributed by atoms with Gasteiger partial charge in [-0.25, -0.2) is 9.98 Å². The Labute approximate surface area is 139 Å². The van der Waals surface area contributed by atoms with E-state index in [0.29, 0.717) is 12.3 Å². The second-order valence-corrected chi connectivity index (χ2v) is 5.93. The van der Waals surface area contributed by atoms with E-state index in [-0.39, 0.29) is 5.97 Å². The smallest absolute Gasteiger partial charge is 0.325 e. The summed E-state index contributed by atoms with van der Waals surface area (Å²) in [5, 5.41) is 0.357. The van der Waals surface area contributed by atoms with Gasteiger partial charge in [-0.05, 0) is 31.2 Å². The molecule has 1 aliphatic heterocycles. The zero-order valence-corrected chi connectivity index (χ0v) is 13.5. The summed E-state index contributed by atoms with van der Waals surface area (Å²) in [7, 11) is 0. The maximum atomic E-state index is 12.0. The molecule has 1 heterocycles. The molecule has 1 fully saturated rings. The van der Waals surface area contributed by atoms with Gasteiger partial charge >= 0.3 is 5.97 Å². The minimum absolute atomic E-state index is 0.265. The van der Waals surface area contributed by atoms with E-state index in [9.17, 15) is 4.79 Å². The van der Waals surface area contributed by atoms with Gasteiger partial charge < -0.3 is 4.74 Å². The van der Waals surface area contributed by atoms with Gasteiger partial charge in [0, 0.05) is 0 Å². The molecular formula is C18H16N2O2S. The lowest BCUT2D eigenvalue weighted by Gasteiger charge is -2.27. The molecule has 0 spiro atoms. The number of thioether (sulfide) groups is 1. The van der Waals surface area contributed by atoms with Gasteiger partial charge in [-0.1, -0.05) is 48.2 Å². The minimum atomic E-state index is -0.405. The van der Waals surface area contributed by atoms with Crippen molar-refractivity contribution in [3.8, 4) is 0 Å².